The highest BCUT2D eigenvalue weighted by Gasteiger charge is 1.85. The Morgan fingerprint density at radius 2 is 0.800 bits per heavy atom. The van der Waals surface area contributed by atoms with Crippen LogP contribution in [0.1, 0.15) is 93.4 Å². The van der Waals surface area contributed by atoms with E-state index in [2.05, 4.69) is 34.6 Å². The molecule has 0 bridgehead atoms. The minimum absolute atomic E-state index is 0.833. The van der Waals surface area contributed by atoms with Crippen LogP contribution in [0, 0.1) is 5.92 Å². The van der Waals surface area contributed by atoms with Gasteiger partial charge in [-0.05, 0) is 5.92 Å². The Morgan fingerprint density at radius 1 is 0.600 bits per heavy atom. The number of unbranched alkanes of at least 4 members (excludes halogenated alkanes) is 6. The second-order valence-corrected chi connectivity index (χ2v) is 4.50. The summed E-state index contributed by atoms with van der Waals surface area (Å²) in [5.41, 5.74) is 0. The van der Waals surface area contributed by atoms with E-state index in [-0.39, 0.29) is 0 Å². The van der Waals surface area contributed by atoms with Crippen LogP contribution in [-0.2, 0) is 0 Å². The molecule has 15 heavy (non-hydrogen) atoms. The maximum atomic E-state index is 2.26. The van der Waals surface area contributed by atoms with E-state index in [4.69, 9.17) is 0 Å². The maximum absolute atomic E-state index is 2.26. The average molecular weight is 216 g/mol. The van der Waals surface area contributed by atoms with Gasteiger partial charge in [0.25, 0.3) is 0 Å². The highest BCUT2D eigenvalue weighted by atomic mass is 13.9. The summed E-state index contributed by atoms with van der Waals surface area (Å²) >= 11 is 0. The molecule has 0 atom stereocenters. The molecule has 0 fully saturated rings. The summed E-state index contributed by atoms with van der Waals surface area (Å²) in [6.07, 6.45) is 9.97. The minimum atomic E-state index is 0.833. The third-order valence-electron chi connectivity index (χ3n) is 1.71. The molecule has 0 saturated carbocycles. The van der Waals surface area contributed by atoms with Crippen molar-refractivity contribution >= 4 is 0 Å². The van der Waals surface area contributed by atoms with E-state index in [1.165, 1.54) is 44.9 Å². The molecule has 0 nitrogen and oxygen atoms in total. The van der Waals surface area contributed by atoms with Gasteiger partial charge in [0.1, 0.15) is 0 Å². The van der Waals surface area contributed by atoms with Gasteiger partial charge in [-0.2, -0.15) is 0 Å². The molecule has 0 heteroatoms. The van der Waals surface area contributed by atoms with Gasteiger partial charge in [-0.3, -0.25) is 0 Å². The van der Waals surface area contributed by atoms with Gasteiger partial charge in [0.2, 0.25) is 0 Å². The van der Waals surface area contributed by atoms with E-state index in [0.29, 0.717) is 0 Å². The fourth-order valence-electron chi connectivity index (χ4n) is 1.03. The van der Waals surface area contributed by atoms with E-state index >= 15 is 0 Å². The molecule has 0 aromatic carbocycles. The highest BCUT2D eigenvalue weighted by molar-refractivity contribution is 4.41. The smallest absolute Gasteiger partial charge is 0.0500 e. The molecule has 96 valence electrons. The molecule has 0 rings (SSSR count). The molecule has 0 heterocycles. The van der Waals surface area contributed by atoms with Gasteiger partial charge in [0.05, 0.1) is 0 Å². The lowest BCUT2D eigenvalue weighted by Gasteiger charge is -1.96. The zero-order chi connectivity index (χ0) is 12.5. The van der Waals surface area contributed by atoms with Crippen molar-refractivity contribution in [3.63, 3.8) is 0 Å². The summed E-state index contributed by atoms with van der Waals surface area (Å²) in [4.78, 5) is 0. The fourth-order valence-corrected chi connectivity index (χ4v) is 1.03. The molecule has 0 aliphatic carbocycles. The Bertz CT molecular complexity index is 55.7. The van der Waals surface area contributed by atoms with Crippen LogP contribution in [0.2, 0.25) is 0 Å². The number of rotatable bonds is 6. The van der Waals surface area contributed by atoms with Gasteiger partial charge >= 0.3 is 0 Å². The van der Waals surface area contributed by atoms with Crippen molar-refractivity contribution < 1.29 is 0 Å². The second-order valence-electron chi connectivity index (χ2n) is 4.50. The van der Waals surface area contributed by atoms with Crippen LogP contribution < -0.4 is 0 Å². The summed E-state index contributed by atoms with van der Waals surface area (Å²) in [5, 5.41) is 0. The Hall–Kier alpha value is 0. The van der Waals surface area contributed by atoms with Crippen LogP contribution >= 0.6 is 0 Å². The van der Waals surface area contributed by atoms with Gasteiger partial charge in [0.15, 0.2) is 0 Å². The molecular weight excluding hydrogens is 180 g/mol. The molecule has 0 amide bonds. The predicted molar refractivity (Wildman–Crippen MR) is 75.5 cm³/mol. The summed E-state index contributed by atoms with van der Waals surface area (Å²) in [5.74, 6) is 0.833. The predicted octanol–water partition coefficient (Wildman–Crippen LogP) is 6.45. The first-order chi connectivity index (χ1) is 7.15. The average Bonchev–Trinajstić information content (AvgIpc) is 2.20. The maximum Gasteiger partial charge on any atom is -0.0500 e. The van der Waals surface area contributed by atoms with Crippen molar-refractivity contribution in [2.45, 2.75) is 93.4 Å². The van der Waals surface area contributed by atoms with E-state index in [1.54, 1.807) is 0 Å². The van der Waals surface area contributed by atoms with Gasteiger partial charge in [-0.15, -0.1) is 0 Å². The van der Waals surface area contributed by atoms with Crippen LogP contribution in [0.4, 0.5) is 0 Å². The van der Waals surface area contributed by atoms with E-state index in [0.717, 1.165) is 5.92 Å². The topological polar surface area (TPSA) is 0 Å². The largest absolute Gasteiger partial charge is 0.0683 e. The molecule has 0 unspecified atom stereocenters. The molecule has 0 aromatic heterocycles. The lowest BCUT2D eigenvalue weighted by molar-refractivity contribution is 0.602. The van der Waals surface area contributed by atoms with Crippen LogP contribution in [0.25, 0.3) is 0 Å². The standard InChI is InChI=1S/C9H20.C4H10.C2H6/c1-3-5-7-9-8-6-4-2;1-4(2)3;1-2/h3-9H2,1-2H3;4H,1-3H3;1-2H3. The summed E-state index contributed by atoms with van der Waals surface area (Å²) in [6.45, 7) is 15.0. The lowest BCUT2D eigenvalue weighted by atomic mass is 10.1. The molecule has 0 aliphatic heterocycles. The van der Waals surface area contributed by atoms with Gasteiger partial charge < -0.3 is 0 Å². The van der Waals surface area contributed by atoms with E-state index in [9.17, 15) is 0 Å². The molecule has 0 saturated heterocycles. The third-order valence-corrected chi connectivity index (χ3v) is 1.71. The van der Waals surface area contributed by atoms with Crippen molar-refractivity contribution in [2.75, 3.05) is 0 Å². The third kappa shape index (κ3) is 56.0. The van der Waals surface area contributed by atoms with E-state index in [1.807, 2.05) is 13.8 Å². The Balaban J connectivity index is -0.000000202. The lowest BCUT2D eigenvalue weighted by Crippen LogP contribution is -1.76. The second kappa shape index (κ2) is 23.7. The first-order valence-corrected chi connectivity index (χ1v) is 7.15. The monoisotopic (exact) mass is 216 g/mol. The Kier molecular flexibility index (Phi) is 32.2. The molecular formula is C15H36. The zero-order valence-electron chi connectivity index (χ0n) is 12.5. The van der Waals surface area contributed by atoms with Crippen LogP contribution in [0.3, 0.4) is 0 Å². The zero-order valence-corrected chi connectivity index (χ0v) is 12.5. The number of hydrogen-bond donors (Lipinski definition) is 0. The molecule has 0 radical (unpaired) electrons. The van der Waals surface area contributed by atoms with Crippen LogP contribution in [0.5, 0.6) is 0 Å². The van der Waals surface area contributed by atoms with E-state index < -0.39 is 0 Å². The Morgan fingerprint density at radius 3 is 1.00 bits per heavy atom. The molecule has 0 N–H and O–H groups in total. The number of hydrogen-bond acceptors (Lipinski definition) is 0. The minimum Gasteiger partial charge on any atom is -0.0683 e. The van der Waals surface area contributed by atoms with Crippen molar-refractivity contribution in [1.82, 2.24) is 0 Å². The SMILES string of the molecule is CC.CC(C)C.CCCCCCCCC. The van der Waals surface area contributed by atoms with Crippen molar-refractivity contribution in [3.05, 3.63) is 0 Å². The quantitative estimate of drug-likeness (QED) is 0.448. The van der Waals surface area contributed by atoms with Crippen LogP contribution in [0.15, 0.2) is 0 Å². The normalized spacial score (nSPS) is 8.80. The van der Waals surface area contributed by atoms with Crippen LogP contribution in [-0.4, -0.2) is 0 Å². The van der Waals surface area contributed by atoms with Crippen molar-refractivity contribution in [3.8, 4) is 0 Å². The molecule has 0 spiro atoms. The Labute approximate surface area is 99.9 Å². The van der Waals surface area contributed by atoms with Gasteiger partial charge in [-0.25, -0.2) is 0 Å². The summed E-state index contributed by atoms with van der Waals surface area (Å²) in [6, 6.07) is 0. The highest BCUT2D eigenvalue weighted by Crippen LogP contribution is 2.05. The fraction of sp³-hybridized carbons (Fsp3) is 1.00. The van der Waals surface area contributed by atoms with Gasteiger partial charge in [0, 0.05) is 0 Å². The van der Waals surface area contributed by atoms with Gasteiger partial charge in [-0.1, -0.05) is 93.4 Å². The molecule has 0 aromatic rings. The first-order valence-electron chi connectivity index (χ1n) is 7.15. The summed E-state index contributed by atoms with van der Waals surface area (Å²) < 4.78 is 0. The van der Waals surface area contributed by atoms with Crippen molar-refractivity contribution in [2.24, 2.45) is 5.92 Å². The van der Waals surface area contributed by atoms with Crippen molar-refractivity contribution in [1.29, 1.82) is 0 Å². The molecule has 0 aliphatic rings. The first kappa shape index (κ1) is 20.4. The summed E-state index contributed by atoms with van der Waals surface area (Å²) in [7, 11) is 0.